The molecule has 4 heteroatoms. The van der Waals surface area contributed by atoms with Crippen molar-refractivity contribution in [1.29, 1.82) is 0 Å². The highest BCUT2D eigenvalue weighted by atomic mass is 16.4. The number of furan rings is 1. The number of Topliss-reactive ketones (excluding diaryl/α,β-unsaturated/α-hetero) is 1. The van der Waals surface area contributed by atoms with Crippen LogP contribution in [0.3, 0.4) is 0 Å². The molecule has 1 aromatic heterocycles. The van der Waals surface area contributed by atoms with Gasteiger partial charge in [-0.3, -0.25) is 4.79 Å². The first-order chi connectivity index (χ1) is 7.99. The molecular formula is C13H20N2O2. The average molecular weight is 236 g/mol. The maximum Gasteiger partial charge on any atom is 0.196 e. The molecule has 1 aromatic rings. The van der Waals surface area contributed by atoms with Crippen molar-refractivity contribution >= 4 is 11.7 Å². The van der Waals surface area contributed by atoms with Crippen molar-refractivity contribution < 1.29 is 9.21 Å². The zero-order valence-corrected chi connectivity index (χ0v) is 10.9. The van der Waals surface area contributed by atoms with Gasteiger partial charge in [-0.05, 0) is 26.1 Å². The van der Waals surface area contributed by atoms with Crippen molar-refractivity contribution in [2.45, 2.75) is 19.9 Å². The van der Waals surface area contributed by atoms with Gasteiger partial charge in [-0.15, -0.1) is 0 Å². The van der Waals surface area contributed by atoms with Gasteiger partial charge in [0.1, 0.15) is 0 Å². The molecular weight excluding hydrogens is 216 g/mol. The standard InChI is InChI=1S/C13H20N2O2/c1-9-7-15(8-11(9)14(3)4)13-6-5-12(17-13)10(2)16/h5-6,9,11H,7-8H2,1-4H3. The summed E-state index contributed by atoms with van der Waals surface area (Å²) in [6.45, 7) is 5.71. The molecule has 1 saturated heterocycles. The zero-order chi connectivity index (χ0) is 12.6. The first-order valence-corrected chi connectivity index (χ1v) is 6.01. The second-order valence-electron chi connectivity index (χ2n) is 5.11. The van der Waals surface area contributed by atoms with Crippen LogP contribution in [0.4, 0.5) is 5.88 Å². The highest BCUT2D eigenvalue weighted by Gasteiger charge is 2.32. The molecule has 2 heterocycles. The van der Waals surface area contributed by atoms with Gasteiger partial charge in [0.15, 0.2) is 17.4 Å². The van der Waals surface area contributed by atoms with E-state index in [0.29, 0.717) is 17.7 Å². The number of carbonyl (C=O) groups excluding carboxylic acids is 1. The molecule has 4 nitrogen and oxygen atoms in total. The summed E-state index contributed by atoms with van der Waals surface area (Å²) in [5.41, 5.74) is 0. The molecule has 2 rings (SSSR count). The van der Waals surface area contributed by atoms with Gasteiger partial charge in [-0.25, -0.2) is 0 Å². The third kappa shape index (κ3) is 2.36. The summed E-state index contributed by atoms with van der Waals surface area (Å²) >= 11 is 0. The minimum absolute atomic E-state index is 0.0207. The maximum absolute atomic E-state index is 11.2. The van der Waals surface area contributed by atoms with Crippen LogP contribution in [-0.4, -0.2) is 43.9 Å². The Balaban J connectivity index is 2.11. The molecule has 0 aliphatic carbocycles. The molecule has 0 saturated carbocycles. The van der Waals surface area contributed by atoms with Gasteiger partial charge in [0, 0.05) is 32.1 Å². The number of hydrogen-bond donors (Lipinski definition) is 0. The second kappa shape index (κ2) is 4.53. The monoisotopic (exact) mass is 236 g/mol. The van der Waals surface area contributed by atoms with Crippen LogP contribution < -0.4 is 4.90 Å². The van der Waals surface area contributed by atoms with Crippen LogP contribution in [0.2, 0.25) is 0 Å². The number of nitrogens with zero attached hydrogens (tertiary/aromatic N) is 2. The number of hydrogen-bond acceptors (Lipinski definition) is 4. The first kappa shape index (κ1) is 12.2. The zero-order valence-electron chi connectivity index (χ0n) is 10.9. The number of carbonyl (C=O) groups is 1. The van der Waals surface area contributed by atoms with Crippen LogP contribution in [0.5, 0.6) is 0 Å². The van der Waals surface area contributed by atoms with Crippen LogP contribution in [0.1, 0.15) is 24.4 Å². The van der Waals surface area contributed by atoms with Crippen LogP contribution >= 0.6 is 0 Å². The predicted molar refractivity (Wildman–Crippen MR) is 67.6 cm³/mol. The Bertz CT molecular complexity index is 411. The highest BCUT2D eigenvalue weighted by molar-refractivity contribution is 5.91. The molecule has 17 heavy (non-hydrogen) atoms. The van der Waals surface area contributed by atoms with Gasteiger partial charge in [-0.2, -0.15) is 0 Å². The molecule has 94 valence electrons. The van der Waals surface area contributed by atoms with Crippen molar-refractivity contribution in [3.05, 3.63) is 17.9 Å². The van der Waals surface area contributed by atoms with E-state index in [2.05, 4.69) is 30.8 Å². The van der Waals surface area contributed by atoms with Gasteiger partial charge in [0.2, 0.25) is 0 Å². The lowest BCUT2D eigenvalue weighted by molar-refractivity contribution is 0.0988. The summed E-state index contributed by atoms with van der Waals surface area (Å²) in [4.78, 5) is 15.6. The van der Waals surface area contributed by atoms with Crippen LogP contribution in [-0.2, 0) is 0 Å². The van der Waals surface area contributed by atoms with Gasteiger partial charge in [0.05, 0.1) is 0 Å². The fraction of sp³-hybridized carbons (Fsp3) is 0.615. The van der Waals surface area contributed by atoms with E-state index >= 15 is 0 Å². The Morgan fingerprint density at radius 2 is 2.12 bits per heavy atom. The molecule has 0 bridgehead atoms. The van der Waals surface area contributed by atoms with Crippen molar-refractivity contribution in [2.75, 3.05) is 32.1 Å². The summed E-state index contributed by atoms with van der Waals surface area (Å²) in [6.07, 6.45) is 0. The Labute approximate surface area is 102 Å². The molecule has 1 fully saturated rings. The highest BCUT2D eigenvalue weighted by Crippen LogP contribution is 2.27. The molecule has 1 aliphatic rings. The first-order valence-electron chi connectivity index (χ1n) is 6.01. The topological polar surface area (TPSA) is 36.7 Å². The molecule has 2 atom stereocenters. The Kier molecular flexibility index (Phi) is 3.24. The van der Waals surface area contributed by atoms with Crippen molar-refractivity contribution in [3.8, 4) is 0 Å². The molecule has 0 amide bonds. The average Bonchev–Trinajstić information content (AvgIpc) is 2.82. The summed E-state index contributed by atoms with van der Waals surface area (Å²) < 4.78 is 5.56. The number of rotatable bonds is 3. The lowest BCUT2D eigenvalue weighted by atomic mass is 10.1. The molecule has 0 spiro atoms. The van der Waals surface area contributed by atoms with Crippen molar-refractivity contribution in [3.63, 3.8) is 0 Å². The van der Waals surface area contributed by atoms with Crippen molar-refractivity contribution in [2.24, 2.45) is 5.92 Å². The summed E-state index contributed by atoms with van der Waals surface area (Å²) in [5.74, 6) is 1.84. The molecule has 0 N–H and O–H groups in total. The van der Waals surface area contributed by atoms with E-state index < -0.39 is 0 Å². The smallest absolute Gasteiger partial charge is 0.196 e. The molecule has 2 unspecified atom stereocenters. The minimum Gasteiger partial charge on any atom is -0.437 e. The summed E-state index contributed by atoms with van der Waals surface area (Å²) in [5, 5.41) is 0. The fourth-order valence-corrected chi connectivity index (χ4v) is 2.49. The summed E-state index contributed by atoms with van der Waals surface area (Å²) in [6, 6.07) is 4.19. The van der Waals surface area contributed by atoms with E-state index in [1.54, 1.807) is 6.07 Å². The third-order valence-electron chi connectivity index (χ3n) is 3.49. The van der Waals surface area contributed by atoms with Gasteiger partial charge >= 0.3 is 0 Å². The van der Waals surface area contributed by atoms with Crippen LogP contribution in [0, 0.1) is 5.92 Å². The second-order valence-corrected chi connectivity index (χ2v) is 5.11. The normalized spacial score (nSPS) is 24.6. The quantitative estimate of drug-likeness (QED) is 0.751. The van der Waals surface area contributed by atoms with E-state index in [9.17, 15) is 4.79 Å². The Morgan fingerprint density at radius 3 is 2.59 bits per heavy atom. The third-order valence-corrected chi connectivity index (χ3v) is 3.49. The molecule has 0 radical (unpaired) electrons. The minimum atomic E-state index is -0.0207. The fourth-order valence-electron chi connectivity index (χ4n) is 2.49. The van der Waals surface area contributed by atoms with Crippen molar-refractivity contribution in [1.82, 2.24) is 4.90 Å². The SMILES string of the molecule is CC(=O)c1ccc(N2CC(C)C(N(C)C)C2)o1. The largest absolute Gasteiger partial charge is 0.437 e. The van der Waals surface area contributed by atoms with Crippen LogP contribution in [0.15, 0.2) is 16.5 Å². The van der Waals surface area contributed by atoms with Gasteiger partial charge in [-0.1, -0.05) is 6.92 Å². The van der Waals surface area contributed by atoms with Gasteiger partial charge in [0.25, 0.3) is 0 Å². The predicted octanol–water partition coefficient (Wildman–Crippen LogP) is 1.87. The van der Waals surface area contributed by atoms with E-state index in [1.807, 2.05) is 6.07 Å². The number of anilines is 1. The lowest BCUT2D eigenvalue weighted by Gasteiger charge is -2.22. The van der Waals surface area contributed by atoms with Gasteiger partial charge < -0.3 is 14.2 Å². The Morgan fingerprint density at radius 1 is 1.41 bits per heavy atom. The molecule has 1 aliphatic heterocycles. The Hall–Kier alpha value is -1.29. The summed E-state index contributed by atoms with van der Waals surface area (Å²) in [7, 11) is 4.21. The maximum atomic E-state index is 11.2. The number of ketones is 1. The number of likely N-dealkylation sites (N-methyl/N-ethyl adjacent to an activating group) is 1. The lowest BCUT2D eigenvalue weighted by Crippen LogP contribution is -2.34. The van der Waals surface area contributed by atoms with E-state index in [0.717, 1.165) is 19.0 Å². The van der Waals surface area contributed by atoms with E-state index in [-0.39, 0.29) is 5.78 Å². The van der Waals surface area contributed by atoms with Crippen LogP contribution in [0.25, 0.3) is 0 Å². The van der Waals surface area contributed by atoms with E-state index in [4.69, 9.17) is 4.42 Å². The van der Waals surface area contributed by atoms with E-state index in [1.165, 1.54) is 6.92 Å². The molecule has 0 aromatic carbocycles.